The van der Waals surface area contributed by atoms with Gasteiger partial charge >= 0.3 is 0 Å². The second kappa shape index (κ2) is 3.87. The van der Waals surface area contributed by atoms with Crippen molar-refractivity contribution in [1.29, 1.82) is 0 Å². The van der Waals surface area contributed by atoms with Crippen molar-refractivity contribution < 1.29 is 4.48 Å². The molecular weight excluding hydrogens is 133 g/mol. The molecule has 10 heavy (non-hydrogen) atoms. The lowest BCUT2D eigenvalue weighted by Crippen LogP contribution is -2.21. The minimum absolute atomic E-state index is 0.247. The highest BCUT2D eigenvalue weighted by Gasteiger charge is 1.95. The normalized spacial score (nSPS) is 11.0. The Morgan fingerprint density at radius 1 is 1.50 bits per heavy atom. The topological polar surface area (TPSA) is 18.8 Å². The average Bonchev–Trinajstić information content (AvgIpc) is 1.81. The van der Waals surface area contributed by atoms with Crippen LogP contribution >= 0.6 is 0 Å². The first-order valence-corrected chi connectivity index (χ1v) is 2.85. The number of hydrazone groups is 1. The van der Waals surface area contributed by atoms with Crippen molar-refractivity contribution in [3.05, 3.63) is 12.7 Å². The van der Waals surface area contributed by atoms with Gasteiger partial charge in [-0.05, 0) is 6.08 Å². The molecule has 0 aromatic carbocycles. The van der Waals surface area contributed by atoms with E-state index in [0.717, 1.165) is 0 Å². The number of nitrogens with zero attached hydrogens (tertiary/aromatic N) is 3. The Kier molecular flexibility index (Phi) is 3.46. The van der Waals surface area contributed by atoms with Gasteiger partial charge in [0.15, 0.2) is 0 Å². The molecule has 0 aromatic heterocycles. The summed E-state index contributed by atoms with van der Waals surface area (Å²) >= 11 is 0. The van der Waals surface area contributed by atoms with Crippen molar-refractivity contribution in [2.45, 2.75) is 0 Å². The van der Waals surface area contributed by atoms with Crippen LogP contribution in [0.1, 0.15) is 0 Å². The maximum atomic E-state index is 12.1. The Balaban J connectivity index is 4.18. The number of halogens is 1. The smallest absolute Gasteiger partial charge is 0.150 e. The van der Waals surface area contributed by atoms with Gasteiger partial charge in [0, 0.05) is 14.1 Å². The van der Waals surface area contributed by atoms with Gasteiger partial charge in [-0.2, -0.15) is 0 Å². The predicted octanol–water partition coefficient (Wildman–Crippen LogP) is 0.864. The largest absolute Gasteiger partial charge is 0.361 e. The Hall–Kier alpha value is -1.06. The summed E-state index contributed by atoms with van der Waals surface area (Å²) in [5, 5.41) is 3.73. The monoisotopic (exact) mass is 145 g/mol. The van der Waals surface area contributed by atoms with Crippen LogP contribution in [0.5, 0.6) is 0 Å². The van der Waals surface area contributed by atoms with E-state index in [0.29, 0.717) is 5.84 Å². The molecule has 58 valence electrons. The molecule has 0 rings (SSSR count). The minimum Gasteiger partial charge on any atom is -0.361 e. The van der Waals surface area contributed by atoms with Crippen LogP contribution in [0.3, 0.4) is 0 Å². The molecule has 0 bridgehead atoms. The Labute approximate surface area is 60.4 Å². The number of hydrogen-bond acceptors (Lipinski definition) is 2. The fraction of sp³-hybridized carbons (Fsp3) is 0.500. The fourth-order valence-corrected chi connectivity index (χ4v) is 0.454. The van der Waals surface area contributed by atoms with E-state index < -0.39 is 0 Å². The van der Waals surface area contributed by atoms with Crippen LogP contribution in [0.15, 0.2) is 17.8 Å². The Bertz CT molecular complexity index is 140. The van der Waals surface area contributed by atoms with Crippen LogP contribution in [-0.2, 0) is 0 Å². The standard InChI is InChI=1S/C6H12FN3/c1-5-6(9(2)3)8-10(4)7/h5H,1H2,2-4H3/b8-6-. The molecule has 0 spiro atoms. The van der Waals surface area contributed by atoms with Gasteiger partial charge in [0.25, 0.3) is 0 Å². The SMILES string of the molecule is C=C/C(=N/N(C)F)N(C)C. The van der Waals surface area contributed by atoms with Gasteiger partial charge in [-0.1, -0.05) is 11.1 Å². The van der Waals surface area contributed by atoms with Crippen molar-refractivity contribution in [3.63, 3.8) is 0 Å². The molecule has 0 amide bonds. The van der Waals surface area contributed by atoms with Crippen molar-refractivity contribution in [2.75, 3.05) is 21.1 Å². The summed E-state index contributed by atoms with van der Waals surface area (Å²) < 4.78 is 12.1. The van der Waals surface area contributed by atoms with Gasteiger partial charge in [-0.3, -0.25) is 0 Å². The second-order valence-electron chi connectivity index (χ2n) is 2.00. The van der Waals surface area contributed by atoms with Gasteiger partial charge in [-0.15, -0.1) is 10.3 Å². The number of likely N-dealkylation sites (N-methyl/N-ethyl adjacent to an activating group) is 1. The predicted molar refractivity (Wildman–Crippen MR) is 40.2 cm³/mol. The second-order valence-corrected chi connectivity index (χ2v) is 2.00. The highest BCUT2D eigenvalue weighted by atomic mass is 19.2. The van der Waals surface area contributed by atoms with E-state index in [1.807, 2.05) is 0 Å². The molecule has 0 aromatic rings. The number of amidine groups is 1. The zero-order chi connectivity index (χ0) is 8.15. The van der Waals surface area contributed by atoms with Crippen LogP contribution in [0.25, 0.3) is 0 Å². The molecule has 0 radical (unpaired) electrons. The van der Waals surface area contributed by atoms with Crippen molar-refractivity contribution in [1.82, 2.24) is 10.1 Å². The third-order valence-corrected chi connectivity index (χ3v) is 0.881. The van der Waals surface area contributed by atoms with Gasteiger partial charge < -0.3 is 4.90 Å². The quantitative estimate of drug-likeness (QED) is 0.248. The zero-order valence-corrected chi connectivity index (χ0v) is 6.50. The van der Waals surface area contributed by atoms with Crippen molar-refractivity contribution in [2.24, 2.45) is 5.10 Å². The van der Waals surface area contributed by atoms with Crippen molar-refractivity contribution >= 4 is 5.84 Å². The van der Waals surface area contributed by atoms with E-state index in [-0.39, 0.29) is 5.23 Å². The van der Waals surface area contributed by atoms with Gasteiger partial charge in [-0.25, -0.2) is 0 Å². The Morgan fingerprint density at radius 2 is 2.00 bits per heavy atom. The van der Waals surface area contributed by atoms with Gasteiger partial charge in [0.1, 0.15) is 5.84 Å². The molecule has 0 fully saturated rings. The van der Waals surface area contributed by atoms with Crippen LogP contribution in [0.4, 0.5) is 4.48 Å². The Morgan fingerprint density at radius 3 is 2.10 bits per heavy atom. The summed E-state index contributed by atoms with van der Waals surface area (Å²) in [4.78, 5) is 1.67. The lowest BCUT2D eigenvalue weighted by atomic mass is 10.5. The molecule has 0 saturated heterocycles. The lowest BCUT2D eigenvalue weighted by molar-refractivity contribution is 0.0633. The molecule has 3 nitrogen and oxygen atoms in total. The summed E-state index contributed by atoms with van der Waals surface area (Å²) in [6, 6.07) is 0. The highest BCUT2D eigenvalue weighted by molar-refractivity contribution is 5.91. The highest BCUT2D eigenvalue weighted by Crippen LogP contribution is 1.89. The summed E-state index contributed by atoms with van der Waals surface area (Å²) in [5.41, 5.74) is 0. The third kappa shape index (κ3) is 3.06. The molecule has 0 heterocycles. The first-order chi connectivity index (χ1) is 4.57. The van der Waals surface area contributed by atoms with Gasteiger partial charge in [0.05, 0.1) is 7.05 Å². The van der Waals surface area contributed by atoms with Crippen LogP contribution in [0.2, 0.25) is 0 Å². The van der Waals surface area contributed by atoms with Crippen molar-refractivity contribution in [3.8, 4) is 0 Å². The van der Waals surface area contributed by atoms with Gasteiger partial charge in [0.2, 0.25) is 0 Å². The van der Waals surface area contributed by atoms with E-state index >= 15 is 0 Å². The minimum atomic E-state index is 0.247. The van der Waals surface area contributed by atoms with Crippen LogP contribution in [0, 0.1) is 0 Å². The van der Waals surface area contributed by atoms with E-state index in [1.165, 1.54) is 13.1 Å². The molecule has 0 aliphatic rings. The summed E-state index contributed by atoms with van der Waals surface area (Å²) in [5.74, 6) is 0.491. The van der Waals surface area contributed by atoms with E-state index in [4.69, 9.17) is 0 Å². The first kappa shape index (κ1) is 8.94. The van der Waals surface area contributed by atoms with E-state index in [1.54, 1.807) is 19.0 Å². The third-order valence-electron chi connectivity index (χ3n) is 0.881. The summed E-state index contributed by atoms with van der Waals surface area (Å²) in [7, 11) is 4.75. The zero-order valence-electron chi connectivity index (χ0n) is 6.50. The molecule has 0 saturated carbocycles. The molecular formula is C6H12FN3. The first-order valence-electron chi connectivity index (χ1n) is 2.85. The van der Waals surface area contributed by atoms with E-state index in [9.17, 15) is 4.48 Å². The molecule has 0 atom stereocenters. The molecule has 0 aliphatic heterocycles. The molecule has 0 aliphatic carbocycles. The molecule has 4 heteroatoms. The molecule has 0 N–H and O–H groups in total. The average molecular weight is 145 g/mol. The van der Waals surface area contributed by atoms with E-state index in [2.05, 4.69) is 11.7 Å². The maximum absolute atomic E-state index is 12.1. The molecule has 0 unspecified atom stereocenters. The number of rotatable bonds is 2. The summed E-state index contributed by atoms with van der Waals surface area (Å²) in [6.45, 7) is 3.47. The van der Waals surface area contributed by atoms with Crippen LogP contribution in [-0.4, -0.2) is 37.1 Å². The maximum Gasteiger partial charge on any atom is 0.150 e. The lowest BCUT2D eigenvalue weighted by Gasteiger charge is -2.11. The number of hydrogen-bond donors (Lipinski definition) is 0. The fourth-order valence-electron chi connectivity index (χ4n) is 0.454. The summed E-state index contributed by atoms with van der Waals surface area (Å²) in [6.07, 6.45) is 1.48. The van der Waals surface area contributed by atoms with Crippen LogP contribution < -0.4 is 0 Å².